The number of quaternary nitrogens is 1. The second-order valence-corrected chi connectivity index (χ2v) is 4.93. The molecule has 0 heterocycles. The number of rotatable bonds is 1. The molecule has 0 amide bonds. The minimum atomic E-state index is 0.690. The van der Waals surface area contributed by atoms with Gasteiger partial charge in [0.1, 0.15) is 0 Å². The molecule has 3 aliphatic carbocycles. The maximum atomic E-state index is 2.38. The van der Waals surface area contributed by atoms with E-state index in [1.54, 1.807) is 0 Å². The van der Waals surface area contributed by atoms with E-state index in [1.807, 2.05) is 0 Å². The zero-order valence-corrected chi connectivity index (χ0v) is 8.20. The van der Waals surface area contributed by atoms with Crippen LogP contribution < -0.4 is 0 Å². The third-order valence-corrected chi connectivity index (χ3v) is 3.11. The van der Waals surface area contributed by atoms with Gasteiger partial charge in [0.15, 0.2) is 0 Å². The number of hydrogen-bond acceptors (Lipinski definition) is 0. The minimum absolute atomic E-state index is 0.690. The Morgan fingerprint density at radius 3 is 1.83 bits per heavy atom. The fourth-order valence-corrected chi connectivity index (χ4v) is 2.35. The van der Waals surface area contributed by atoms with Gasteiger partial charge < -0.3 is 4.48 Å². The molecular weight excluding hydrogens is 146 g/mol. The number of allylic oxidation sites excluding steroid dienone is 2. The molecule has 12 heavy (non-hydrogen) atoms. The monoisotopic (exact) mass is 164 g/mol. The summed E-state index contributed by atoms with van der Waals surface area (Å²) in [6, 6.07) is 0.796. The van der Waals surface area contributed by atoms with E-state index < -0.39 is 0 Å². The smallest absolute Gasteiger partial charge is 0.0991 e. The Hall–Kier alpha value is -0.560. The summed E-state index contributed by atoms with van der Waals surface area (Å²) in [5, 5.41) is 0. The summed E-state index contributed by atoms with van der Waals surface area (Å²) >= 11 is 0. The molecule has 66 valence electrons. The average Bonchev–Trinajstić information content (AvgIpc) is 2.05. The summed E-state index contributed by atoms with van der Waals surface area (Å²) in [7, 11) is 6.90. The van der Waals surface area contributed by atoms with Crippen molar-refractivity contribution in [1.82, 2.24) is 0 Å². The van der Waals surface area contributed by atoms with Gasteiger partial charge in [-0.05, 0) is 0 Å². The fourth-order valence-electron chi connectivity index (χ4n) is 2.35. The lowest BCUT2D eigenvalue weighted by atomic mass is 9.77. The van der Waals surface area contributed by atoms with Crippen LogP contribution in [0.1, 0.15) is 6.42 Å². The molecule has 1 atom stereocenters. The average molecular weight is 164 g/mol. The fraction of sp³-hybridized carbons (Fsp3) is 0.636. The van der Waals surface area contributed by atoms with Crippen molar-refractivity contribution in [2.24, 2.45) is 11.8 Å². The molecule has 1 unspecified atom stereocenters. The number of hydrogen-bond donors (Lipinski definition) is 0. The summed E-state index contributed by atoms with van der Waals surface area (Å²) in [6.07, 6.45) is 10.8. The van der Waals surface area contributed by atoms with Crippen molar-refractivity contribution >= 4 is 0 Å². The maximum Gasteiger partial charge on any atom is 0.0991 e. The molecule has 1 nitrogen and oxygen atoms in total. The second-order valence-electron chi connectivity index (χ2n) is 4.93. The van der Waals surface area contributed by atoms with Crippen LogP contribution in [0.5, 0.6) is 0 Å². The molecule has 3 rings (SSSR count). The Balaban J connectivity index is 2.22. The van der Waals surface area contributed by atoms with Crippen LogP contribution in [0.25, 0.3) is 0 Å². The van der Waals surface area contributed by atoms with Crippen molar-refractivity contribution in [1.29, 1.82) is 0 Å². The summed E-state index contributed by atoms with van der Waals surface area (Å²) in [6.45, 7) is 0. The van der Waals surface area contributed by atoms with Gasteiger partial charge in [0.2, 0.25) is 0 Å². The highest BCUT2D eigenvalue weighted by molar-refractivity contribution is 5.20. The summed E-state index contributed by atoms with van der Waals surface area (Å²) in [4.78, 5) is 0. The predicted molar refractivity (Wildman–Crippen MR) is 51.7 cm³/mol. The molecule has 0 aliphatic heterocycles. The second kappa shape index (κ2) is 2.46. The van der Waals surface area contributed by atoms with Crippen molar-refractivity contribution in [2.75, 3.05) is 21.1 Å². The van der Waals surface area contributed by atoms with E-state index in [-0.39, 0.29) is 0 Å². The Morgan fingerprint density at radius 2 is 1.58 bits per heavy atom. The van der Waals surface area contributed by atoms with E-state index in [0.29, 0.717) is 5.92 Å². The van der Waals surface area contributed by atoms with Crippen LogP contribution in [0.3, 0.4) is 0 Å². The molecule has 0 saturated carbocycles. The zero-order chi connectivity index (χ0) is 8.77. The van der Waals surface area contributed by atoms with Crippen molar-refractivity contribution in [3.8, 4) is 0 Å². The predicted octanol–water partition coefficient (Wildman–Crippen LogP) is 1.82. The molecular formula is C11H18N+. The third-order valence-electron chi connectivity index (χ3n) is 3.11. The van der Waals surface area contributed by atoms with Crippen LogP contribution in [0.4, 0.5) is 0 Å². The Labute approximate surface area is 75.0 Å². The third kappa shape index (κ3) is 1.22. The van der Waals surface area contributed by atoms with Gasteiger partial charge in [-0.3, -0.25) is 0 Å². The Bertz CT molecular complexity index is 218. The molecule has 0 radical (unpaired) electrons. The van der Waals surface area contributed by atoms with Gasteiger partial charge >= 0.3 is 0 Å². The van der Waals surface area contributed by atoms with Crippen LogP contribution in [0.15, 0.2) is 24.3 Å². The first kappa shape index (κ1) is 8.06. The largest absolute Gasteiger partial charge is 0.328 e. The highest BCUT2D eigenvalue weighted by Crippen LogP contribution is 2.34. The highest BCUT2D eigenvalue weighted by atomic mass is 15.3. The van der Waals surface area contributed by atoms with E-state index in [1.165, 1.54) is 6.42 Å². The first-order valence-electron chi connectivity index (χ1n) is 4.75. The van der Waals surface area contributed by atoms with Gasteiger partial charge in [0, 0.05) is 18.3 Å². The van der Waals surface area contributed by atoms with Gasteiger partial charge in [0.05, 0.1) is 27.2 Å². The van der Waals surface area contributed by atoms with Gasteiger partial charge in [-0.2, -0.15) is 0 Å². The van der Waals surface area contributed by atoms with Gasteiger partial charge in [0.25, 0.3) is 0 Å². The Kier molecular flexibility index (Phi) is 1.65. The van der Waals surface area contributed by atoms with Crippen LogP contribution in [0.2, 0.25) is 0 Å². The van der Waals surface area contributed by atoms with Crippen molar-refractivity contribution in [2.45, 2.75) is 12.5 Å². The molecule has 3 aliphatic rings. The number of nitrogens with zero attached hydrogens (tertiary/aromatic N) is 1. The number of fused-ring (bicyclic) bond motifs is 1. The lowest BCUT2D eigenvalue weighted by Crippen LogP contribution is -2.51. The first-order chi connectivity index (χ1) is 5.57. The van der Waals surface area contributed by atoms with Crippen molar-refractivity contribution in [3.63, 3.8) is 0 Å². The molecule has 0 aromatic heterocycles. The molecule has 0 N–H and O–H groups in total. The lowest BCUT2D eigenvalue weighted by Gasteiger charge is -2.42. The van der Waals surface area contributed by atoms with Crippen LogP contribution in [-0.2, 0) is 0 Å². The van der Waals surface area contributed by atoms with Gasteiger partial charge in [-0.1, -0.05) is 24.3 Å². The quantitative estimate of drug-likeness (QED) is 0.409. The highest BCUT2D eigenvalue weighted by Gasteiger charge is 2.36. The van der Waals surface area contributed by atoms with Crippen LogP contribution >= 0.6 is 0 Å². The van der Waals surface area contributed by atoms with E-state index in [0.717, 1.165) is 16.4 Å². The summed E-state index contributed by atoms with van der Waals surface area (Å²) in [5.74, 6) is 1.41. The van der Waals surface area contributed by atoms with Crippen LogP contribution in [-0.4, -0.2) is 31.7 Å². The van der Waals surface area contributed by atoms with E-state index in [9.17, 15) is 0 Å². The SMILES string of the molecule is C[N+](C)(C)C1CC2C=CC1C=C2. The molecule has 0 fully saturated rings. The minimum Gasteiger partial charge on any atom is -0.328 e. The molecule has 0 saturated heterocycles. The van der Waals surface area contributed by atoms with Gasteiger partial charge in [-0.25, -0.2) is 0 Å². The van der Waals surface area contributed by atoms with E-state index in [4.69, 9.17) is 0 Å². The summed E-state index contributed by atoms with van der Waals surface area (Å²) in [5.41, 5.74) is 0. The molecule has 0 aromatic carbocycles. The maximum absolute atomic E-state index is 2.38. The molecule has 2 bridgehead atoms. The Morgan fingerprint density at radius 1 is 1.00 bits per heavy atom. The van der Waals surface area contributed by atoms with E-state index >= 15 is 0 Å². The van der Waals surface area contributed by atoms with Gasteiger partial charge in [-0.15, -0.1) is 0 Å². The topological polar surface area (TPSA) is 0 Å². The van der Waals surface area contributed by atoms with Crippen molar-refractivity contribution < 1.29 is 4.48 Å². The van der Waals surface area contributed by atoms with Crippen LogP contribution in [0, 0.1) is 11.8 Å². The summed E-state index contributed by atoms with van der Waals surface area (Å²) < 4.78 is 1.09. The molecule has 0 spiro atoms. The first-order valence-corrected chi connectivity index (χ1v) is 4.75. The molecule has 1 heteroatoms. The molecule has 0 aromatic rings. The van der Waals surface area contributed by atoms with Crippen molar-refractivity contribution in [3.05, 3.63) is 24.3 Å². The normalized spacial score (nSPS) is 39.1. The standard InChI is InChI=1S/C11H18N/c1-12(2,3)11-8-9-4-6-10(11)7-5-9/h4-7,9-11H,8H2,1-3H3/q+1. The lowest BCUT2D eigenvalue weighted by molar-refractivity contribution is -0.899. The zero-order valence-electron chi connectivity index (χ0n) is 8.20. The van der Waals surface area contributed by atoms with E-state index in [2.05, 4.69) is 45.4 Å².